The third-order valence-corrected chi connectivity index (χ3v) is 5.78. The van der Waals surface area contributed by atoms with Gasteiger partial charge in [0.2, 0.25) is 17.8 Å². The monoisotopic (exact) mass is 409 g/mol. The molecule has 2 aliphatic rings. The number of amides is 2. The minimum absolute atomic E-state index is 0.105. The van der Waals surface area contributed by atoms with Crippen molar-refractivity contribution in [3.63, 3.8) is 0 Å². The van der Waals surface area contributed by atoms with Crippen LogP contribution in [0.3, 0.4) is 0 Å². The number of piperazine rings is 1. The van der Waals surface area contributed by atoms with E-state index in [2.05, 4.69) is 14.9 Å². The van der Waals surface area contributed by atoms with Gasteiger partial charge in [0.1, 0.15) is 5.75 Å². The van der Waals surface area contributed by atoms with E-state index in [-0.39, 0.29) is 17.7 Å². The van der Waals surface area contributed by atoms with Crippen molar-refractivity contribution in [1.82, 2.24) is 19.8 Å². The Balaban J connectivity index is 1.34. The molecule has 8 nitrogen and oxygen atoms in total. The van der Waals surface area contributed by atoms with Crippen LogP contribution in [-0.4, -0.2) is 71.4 Å². The summed E-state index contributed by atoms with van der Waals surface area (Å²) in [4.78, 5) is 40.0. The van der Waals surface area contributed by atoms with Gasteiger partial charge >= 0.3 is 0 Å². The average molecular weight is 409 g/mol. The summed E-state index contributed by atoms with van der Waals surface area (Å²) in [6.07, 6.45) is 4.50. The predicted molar refractivity (Wildman–Crippen MR) is 112 cm³/mol. The second kappa shape index (κ2) is 9.11. The van der Waals surface area contributed by atoms with Crippen molar-refractivity contribution in [2.75, 3.05) is 44.7 Å². The zero-order valence-corrected chi connectivity index (χ0v) is 17.2. The van der Waals surface area contributed by atoms with Crippen molar-refractivity contribution in [3.05, 3.63) is 48.3 Å². The Hall–Kier alpha value is -3.16. The standard InChI is InChI=1S/C22H27N5O3/c1-30-19-5-2-4-17(14-19)15-27-16-18(6-7-20(27)28)21(29)25-10-12-26(13-11-25)22-23-8-3-9-24-22/h2-5,8-9,14,18H,6-7,10-13,15-16H2,1H3/t18-/m0/s1. The Kier molecular flexibility index (Phi) is 6.11. The summed E-state index contributed by atoms with van der Waals surface area (Å²) < 4.78 is 5.27. The number of ether oxygens (including phenoxy) is 1. The van der Waals surface area contributed by atoms with Crippen LogP contribution >= 0.6 is 0 Å². The lowest BCUT2D eigenvalue weighted by Gasteiger charge is -2.39. The number of likely N-dealkylation sites (tertiary alicyclic amines) is 1. The topological polar surface area (TPSA) is 78.9 Å². The molecule has 2 aliphatic heterocycles. The molecule has 1 atom stereocenters. The number of carbonyl (C=O) groups excluding carboxylic acids is 2. The summed E-state index contributed by atoms with van der Waals surface area (Å²) in [7, 11) is 1.63. The maximum Gasteiger partial charge on any atom is 0.227 e. The summed E-state index contributed by atoms with van der Waals surface area (Å²) in [6.45, 7) is 3.70. The number of carbonyl (C=O) groups is 2. The van der Waals surface area contributed by atoms with Gasteiger partial charge in [-0.25, -0.2) is 9.97 Å². The Bertz CT molecular complexity index is 883. The van der Waals surface area contributed by atoms with Crippen molar-refractivity contribution in [2.45, 2.75) is 19.4 Å². The van der Waals surface area contributed by atoms with Crippen LogP contribution in [0.2, 0.25) is 0 Å². The maximum absolute atomic E-state index is 13.1. The lowest BCUT2D eigenvalue weighted by Crippen LogP contribution is -2.53. The van der Waals surface area contributed by atoms with E-state index in [9.17, 15) is 9.59 Å². The summed E-state index contributed by atoms with van der Waals surface area (Å²) in [5.74, 6) is 1.58. The Morgan fingerprint density at radius 1 is 1.13 bits per heavy atom. The number of anilines is 1. The van der Waals surface area contributed by atoms with Gasteiger partial charge in [-0.3, -0.25) is 9.59 Å². The highest BCUT2D eigenvalue weighted by Gasteiger charge is 2.34. The number of nitrogens with zero attached hydrogens (tertiary/aromatic N) is 5. The molecule has 0 bridgehead atoms. The van der Waals surface area contributed by atoms with E-state index in [1.807, 2.05) is 29.2 Å². The highest BCUT2D eigenvalue weighted by Crippen LogP contribution is 2.24. The third kappa shape index (κ3) is 4.53. The van der Waals surface area contributed by atoms with E-state index in [4.69, 9.17) is 4.74 Å². The number of aromatic nitrogens is 2. The summed E-state index contributed by atoms with van der Waals surface area (Å²) in [5, 5.41) is 0. The molecule has 158 valence electrons. The first-order valence-electron chi connectivity index (χ1n) is 10.4. The van der Waals surface area contributed by atoms with Crippen LogP contribution in [0.25, 0.3) is 0 Å². The van der Waals surface area contributed by atoms with E-state index in [1.54, 1.807) is 30.5 Å². The molecule has 4 rings (SSSR count). The molecule has 1 aromatic carbocycles. The van der Waals surface area contributed by atoms with Crippen LogP contribution < -0.4 is 9.64 Å². The van der Waals surface area contributed by atoms with Crippen molar-refractivity contribution < 1.29 is 14.3 Å². The second-order valence-corrected chi connectivity index (χ2v) is 7.72. The second-order valence-electron chi connectivity index (χ2n) is 7.72. The highest BCUT2D eigenvalue weighted by atomic mass is 16.5. The van der Waals surface area contributed by atoms with E-state index in [1.165, 1.54) is 0 Å². The van der Waals surface area contributed by atoms with Gasteiger partial charge in [0.15, 0.2) is 0 Å². The molecule has 2 amide bonds. The largest absolute Gasteiger partial charge is 0.497 e. The lowest BCUT2D eigenvalue weighted by atomic mass is 9.95. The zero-order chi connectivity index (χ0) is 20.9. The van der Waals surface area contributed by atoms with Gasteiger partial charge in [-0.15, -0.1) is 0 Å². The van der Waals surface area contributed by atoms with Crippen LogP contribution in [0.15, 0.2) is 42.7 Å². The fraction of sp³-hybridized carbons (Fsp3) is 0.455. The number of benzene rings is 1. The first kappa shape index (κ1) is 20.1. The quantitative estimate of drug-likeness (QED) is 0.746. The van der Waals surface area contributed by atoms with Crippen LogP contribution in [0.1, 0.15) is 18.4 Å². The van der Waals surface area contributed by atoms with Crippen LogP contribution in [0.4, 0.5) is 5.95 Å². The smallest absolute Gasteiger partial charge is 0.227 e. The molecule has 0 spiro atoms. The minimum Gasteiger partial charge on any atom is -0.497 e. The molecule has 0 unspecified atom stereocenters. The highest BCUT2D eigenvalue weighted by molar-refractivity contribution is 5.84. The molecular formula is C22H27N5O3. The first-order valence-corrected chi connectivity index (χ1v) is 10.4. The Labute approximate surface area is 176 Å². The van der Waals surface area contributed by atoms with Crippen molar-refractivity contribution >= 4 is 17.8 Å². The van der Waals surface area contributed by atoms with Crippen molar-refractivity contribution in [2.24, 2.45) is 5.92 Å². The van der Waals surface area contributed by atoms with Crippen LogP contribution in [0, 0.1) is 5.92 Å². The van der Waals surface area contributed by atoms with Gasteiger partial charge in [-0.1, -0.05) is 12.1 Å². The van der Waals surface area contributed by atoms with Crippen molar-refractivity contribution in [1.29, 1.82) is 0 Å². The van der Waals surface area contributed by atoms with E-state index in [0.717, 1.165) is 24.4 Å². The number of rotatable bonds is 5. The fourth-order valence-corrected chi connectivity index (χ4v) is 4.10. The molecule has 30 heavy (non-hydrogen) atoms. The van der Waals surface area contributed by atoms with Crippen molar-refractivity contribution in [3.8, 4) is 5.75 Å². The molecule has 0 aliphatic carbocycles. The Morgan fingerprint density at radius 2 is 1.90 bits per heavy atom. The summed E-state index contributed by atoms with van der Waals surface area (Å²) in [6, 6.07) is 9.51. The number of hydrogen-bond donors (Lipinski definition) is 0. The summed E-state index contributed by atoms with van der Waals surface area (Å²) in [5.41, 5.74) is 1.01. The maximum atomic E-state index is 13.1. The number of methoxy groups -OCH3 is 1. The predicted octanol–water partition coefficient (Wildman–Crippen LogP) is 1.57. The molecular weight excluding hydrogens is 382 g/mol. The molecule has 2 aromatic rings. The summed E-state index contributed by atoms with van der Waals surface area (Å²) >= 11 is 0. The van der Waals surface area contributed by atoms with E-state index < -0.39 is 0 Å². The van der Waals surface area contributed by atoms with Gasteiger partial charge in [0.05, 0.1) is 13.0 Å². The Morgan fingerprint density at radius 3 is 2.63 bits per heavy atom. The molecule has 0 radical (unpaired) electrons. The molecule has 3 heterocycles. The first-order chi connectivity index (χ1) is 14.6. The average Bonchev–Trinajstić information content (AvgIpc) is 2.81. The van der Waals surface area contributed by atoms with Gasteiger partial charge in [0.25, 0.3) is 0 Å². The minimum atomic E-state index is -0.146. The normalized spacial score (nSPS) is 19.7. The SMILES string of the molecule is COc1cccc(CN2C[C@@H](C(=O)N3CCN(c4ncccn4)CC3)CCC2=O)c1. The third-order valence-electron chi connectivity index (χ3n) is 5.78. The fourth-order valence-electron chi connectivity index (χ4n) is 4.10. The van der Waals surface area contributed by atoms with Crippen LogP contribution in [-0.2, 0) is 16.1 Å². The molecule has 1 aromatic heterocycles. The number of hydrogen-bond acceptors (Lipinski definition) is 6. The van der Waals surface area contributed by atoms with Crippen LogP contribution in [0.5, 0.6) is 5.75 Å². The van der Waals surface area contributed by atoms with Gasteiger partial charge in [-0.05, 0) is 30.2 Å². The van der Waals surface area contributed by atoms with Gasteiger partial charge < -0.3 is 19.4 Å². The molecule has 8 heteroatoms. The zero-order valence-electron chi connectivity index (χ0n) is 17.2. The molecule has 0 saturated carbocycles. The number of piperidine rings is 1. The molecule has 0 N–H and O–H groups in total. The van der Waals surface area contributed by atoms with Gasteiger partial charge in [0, 0.05) is 58.1 Å². The molecule has 2 fully saturated rings. The lowest BCUT2D eigenvalue weighted by molar-refractivity contribution is -0.143. The van der Waals surface area contributed by atoms with E-state index in [0.29, 0.717) is 45.0 Å². The van der Waals surface area contributed by atoms with E-state index >= 15 is 0 Å². The van der Waals surface area contributed by atoms with Gasteiger partial charge in [-0.2, -0.15) is 0 Å². The molecule has 2 saturated heterocycles.